The minimum atomic E-state index is -1.32. The third-order valence-electron chi connectivity index (χ3n) is 1.32. The van der Waals surface area contributed by atoms with Crippen LogP contribution in [0.2, 0.25) is 0 Å². The van der Waals surface area contributed by atoms with E-state index in [1.807, 2.05) is 0 Å². The molecule has 16 heavy (non-hydrogen) atoms. The second kappa shape index (κ2) is 13.5. The molecule has 0 N–H and O–H groups in total. The Morgan fingerprint density at radius 3 is 1.81 bits per heavy atom. The summed E-state index contributed by atoms with van der Waals surface area (Å²) in [4.78, 5) is 30.6. The first kappa shape index (κ1) is 21.7. The van der Waals surface area contributed by atoms with Gasteiger partial charge in [-0.1, -0.05) is 0 Å². The number of rotatable bonds is 7. The van der Waals surface area contributed by atoms with Crippen molar-refractivity contribution in [3.8, 4) is 0 Å². The molecule has 0 saturated carbocycles. The van der Waals surface area contributed by atoms with Crippen LogP contribution >= 0.6 is 0 Å². The maximum absolute atomic E-state index is 10.7. The van der Waals surface area contributed by atoms with Gasteiger partial charge in [0.15, 0.2) is 0 Å². The van der Waals surface area contributed by atoms with Gasteiger partial charge < -0.3 is 24.5 Å². The average Bonchev–Trinajstić information content (AvgIpc) is 2.08. The molecule has 0 aliphatic carbocycles. The molecule has 0 spiro atoms. The summed E-state index contributed by atoms with van der Waals surface area (Å²) < 4.78 is 4.52. The number of hydrogen-bond acceptors (Lipinski definition) is 6. The van der Waals surface area contributed by atoms with Gasteiger partial charge in [-0.15, -0.1) is 0 Å². The van der Waals surface area contributed by atoms with Gasteiger partial charge in [0.2, 0.25) is 0 Å². The van der Waals surface area contributed by atoms with E-state index >= 15 is 0 Å². The molecule has 0 aromatic heterocycles. The van der Waals surface area contributed by atoms with Gasteiger partial charge in [0.25, 0.3) is 0 Å². The van der Waals surface area contributed by atoms with Crippen LogP contribution in [0.3, 0.4) is 0 Å². The zero-order valence-corrected chi connectivity index (χ0v) is 13.5. The van der Waals surface area contributed by atoms with Gasteiger partial charge in [-0.25, -0.2) is 0 Å². The van der Waals surface area contributed by atoms with Crippen LogP contribution in [0, 0.1) is 0 Å². The first-order chi connectivity index (χ1) is 6.52. The summed E-state index contributed by atoms with van der Waals surface area (Å²) in [5.74, 6) is -3.21. The van der Waals surface area contributed by atoms with E-state index in [9.17, 15) is 24.6 Å². The third kappa shape index (κ3) is 16.8. The van der Waals surface area contributed by atoms with Crippen molar-refractivity contribution in [3.05, 3.63) is 0 Å². The number of hydrogen-bond donors (Lipinski definition) is 0. The van der Waals surface area contributed by atoms with E-state index in [0.29, 0.717) is 0 Å². The van der Waals surface area contributed by atoms with Crippen LogP contribution in [0.1, 0.15) is 25.7 Å². The van der Waals surface area contributed by atoms with Gasteiger partial charge in [0.1, 0.15) is 0 Å². The largest absolute Gasteiger partial charge is 1.00 e. The van der Waals surface area contributed by atoms with Gasteiger partial charge in [-0.05, 0) is 19.3 Å². The van der Waals surface area contributed by atoms with Crippen LogP contribution in [0.5, 0.6) is 0 Å². The second-order valence-electron chi connectivity index (χ2n) is 2.57. The normalized spacial score (nSPS) is 8.25. The van der Waals surface area contributed by atoms with Crippen LogP contribution in [-0.2, 0) is 19.1 Å². The third-order valence-corrected chi connectivity index (χ3v) is 1.32. The maximum atomic E-state index is 10.7. The van der Waals surface area contributed by atoms with Crippen molar-refractivity contribution in [1.29, 1.82) is 0 Å². The van der Waals surface area contributed by atoms with Gasteiger partial charge in [-0.3, -0.25) is 4.79 Å². The predicted octanol–water partition coefficient (Wildman–Crippen LogP) is -8.40. The van der Waals surface area contributed by atoms with Crippen molar-refractivity contribution >= 4 is 17.9 Å². The van der Waals surface area contributed by atoms with E-state index in [-0.39, 0.29) is 91.4 Å². The van der Waals surface area contributed by atoms with E-state index in [1.165, 1.54) is 0 Å². The van der Waals surface area contributed by atoms with Crippen molar-refractivity contribution in [2.75, 3.05) is 6.61 Å². The fourth-order valence-corrected chi connectivity index (χ4v) is 0.679. The molecule has 0 aliphatic heterocycles. The van der Waals surface area contributed by atoms with Crippen molar-refractivity contribution < 1.29 is 88.4 Å². The molecule has 0 aromatic carbocycles. The quantitative estimate of drug-likeness (QED) is 0.251. The van der Waals surface area contributed by atoms with Crippen molar-refractivity contribution in [2.24, 2.45) is 0 Å². The van der Waals surface area contributed by atoms with Gasteiger partial charge in [0, 0.05) is 11.9 Å². The molecule has 6 nitrogen and oxygen atoms in total. The van der Waals surface area contributed by atoms with E-state index in [2.05, 4.69) is 4.74 Å². The number of esters is 1. The summed E-state index contributed by atoms with van der Waals surface area (Å²) >= 11 is 0. The Balaban J connectivity index is -0.000000845. The van der Waals surface area contributed by atoms with Crippen LogP contribution in [0.4, 0.5) is 0 Å². The Labute approximate surface area is 137 Å². The first-order valence-corrected chi connectivity index (χ1v) is 4.07. The Bertz CT molecular complexity index is 231. The molecule has 0 aliphatic rings. The summed E-state index contributed by atoms with van der Waals surface area (Å²) in [5, 5.41) is 19.8. The smallest absolute Gasteiger partial charge is 0.550 e. The molecule has 80 valence electrons. The monoisotopic (exact) mass is 248 g/mol. The Morgan fingerprint density at radius 2 is 1.38 bits per heavy atom. The molecule has 0 unspecified atom stereocenters. The van der Waals surface area contributed by atoms with Gasteiger partial charge in [-0.2, -0.15) is 0 Å². The van der Waals surface area contributed by atoms with E-state index in [1.54, 1.807) is 0 Å². The topological polar surface area (TPSA) is 107 Å². The molecule has 8 heteroatoms. The number of ether oxygens (including phenoxy) is 1. The average molecular weight is 248 g/mol. The predicted molar refractivity (Wildman–Crippen MR) is 39.4 cm³/mol. The van der Waals surface area contributed by atoms with Gasteiger partial charge >= 0.3 is 65.1 Å². The molecule has 0 radical (unpaired) electrons. The number of carbonyl (C=O) groups excluding carboxylic acids is 3. The molecule has 0 heterocycles. The van der Waals surface area contributed by atoms with Crippen LogP contribution in [0.15, 0.2) is 0 Å². The minimum Gasteiger partial charge on any atom is -0.550 e. The fourth-order valence-electron chi connectivity index (χ4n) is 0.679. The number of carboxylic acids is 2. The molecule has 0 saturated heterocycles. The fraction of sp³-hybridized carbons (Fsp3) is 0.625. The van der Waals surface area contributed by atoms with Crippen LogP contribution in [-0.4, -0.2) is 24.5 Å². The molecular formula is C8H10Na2O6. The zero-order chi connectivity index (χ0) is 11.0. The van der Waals surface area contributed by atoms with E-state index < -0.39 is 17.9 Å². The summed E-state index contributed by atoms with van der Waals surface area (Å²) in [6.07, 6.45) is -0.667. The zero-order valence-electron chi connectivity index (χ0n) is 9.49. The summed E-state index contributed by atoms with van der Waals surface area (Å²) in [5.41, 5.74) is 0. The minimum absolute atomic E-state index is 0. The number of carboxylic acid groups (broad SMARTS) is 2. The second-order valence-corrected chi connectivity index (χ2v) is 2.57. The Hall–Kier alpha value is 0.410. The van der Waals surface area contributed by atoms with Crippen molar-refractivity contribution in [3.63, 3.8) is 0 Å². The van der Waals surface area contributed by atoms with E-state index in [4.69, 9.17) is 0 Å². The number of aliphatic carboxylic acids is 2. The molecular weight excluding hydrogens is 238 g/mol. The Kier molecular flexibility index (Phi) is 18.2. The van der Waals surface area contributed by atoms with Crippen molar-refractivity contribution in [2.45, 2.75) is 25.7 Å². The molecule has 0 fully saturated rings. The summed E-state index contributed by atoms with van der Waals surface area (Å²) in [6, 6.07) is 0. The van der Waals surface area contributed by atoms with Crippen molar-refractivity contribution in [1.82, 2.24) is 0 Å². The number of carbonyl (C=O) groups is 3. The molecule has 0 aromatic rings. The maximum Gasteiger partial charge on any atom is 1.00 e. The SMILES string of the molecule is O=C([O-])CCCOC(=O)CCC(=O)[O-].[Na+].[Na+]. The molecule has 0 bridgehead atoms. The Morgan fingerprint density at radius 1 is 0.875 bits per heavy atom. The molecule has 0 rings (SSSR count). The van der Waals surface area contributed by atoms with E-state index in [0.717, 1.165) is 0 Å². The summed E-state index contributed by atoms with van der Waals surface area (Å²) in [7, 11) is 0. The first-order valence-electron chi connectivity index (χ1n) is 4.07. The van der Waals surface area contributed by atoms with Crippen LogP contribution in [0.25, 0.3) is 0 Å². The molecule has 0 atom stereocenters. The molecule has 0 amide bonds. The van der Waals surface area contributed by atoms with Crippen LogP contribution < -0.4 is 69.3 Å². The standard InChI is InChI=1S/C8H12O6.2Na/c9-6(10)2-1-5-14-8(13)4-3-7(11)12;;/h1-5H2,(H,9,10)(H,11,12);;/q;2*+1/p-2. The summed E-state index contributed by atoms with van der Waals surface area (Å²) in [6.45, 7) is -0.0418. The van der Waals surface area contributed by atoms with Gasteiger partial charge in [0.05, 0.1) is 13.0 Å².